The molecule has 0 unspecified atom stereocenters. The molecule has 11 heteroatoms. The van der Waals surface area contributed by atoms with E-state index < -0.39 is 5.91 Å². The van der Waals surface area contributed by atoms with Crippen LogP contribution in [0.1, 0.15) is 45.8 Å². The van der Waals surface area contributed by atoms with Gasteiger partial charge in [0, 0.05) is 27.1 Å². The Morgan fingerprint density at radius 2 is 1.69 bits per heavy atom. The zero-order valence-electron chi connectivity index (χ0n) is 24.8. The first-order chi connectivity index (χ1) is 21.7. The second-order valence-corrected chi connectivity index (χ2v) is 11.6. The third kappa shape index (κ3) is 7.84. The van der Waals surface area contributed by atoms with E-state index in [2.05, 4.69) is 72.9 Å². The van der Waals surface area contributed by atoms with Gasteiger partial charge in [-0.25, -0.2) is 9.82 Å². The highest BCUT2D eigenvalue weighted by atomic mass is 79.9. The maximum atomic E-state index is 13.6. The molecule has 0 fully saturated rings. The smallest absolute Gasteiger partial charge is 0.307 e. The lowest BCUT2D eigenvalue weighted by molar-refractivity contribution is 0.0923. The van der Waals surface area contributed by atoms with Gasteiger partial charge in [-0.1, -0.05) is 12.1 Å². The van der Waals surface area contributed by atoms with E-state index in [1.165, 1.54) is 18.3 Å². The van der Waals surface area contributed by atoms with Gasteiger partial charge >= 0.3 is 5.91 Å². The van der Waals surface area contributed by atoms with Crippen molar-refractivity contribution in [3.63, 3.8) is 0 Å². The van der Waals surface area contributed by atoms with Crippen molar-refractivity contribution >= 4 is 44.0 Å². The van der Waals surface area contributed by atoms with E-state index >= 15 is 0 Å². The Labute approximate surface area is 277 Å². The van der Waals surface area contributed by atoms with E-state index in [-0.39, 0.29) is 24.8 Å². The summed E-state index contributed by atoms with van der Waals surface area (Å²) in [5.74, 6) is 1.31. The topological polar surface area (TPSA) is 87.2 Å². The van der Waals surface area contributed by atoms with Crippen LogP contribution in [0.4, 0.5) is 4.39 Å². The minimum atomic E-state index is -0.519. The summed E-state index contributed by atoms with van der Waals surface area (Å²) in [7, 11) is 0. The molecular weight excluding hydrogens is 709 g/mol. The Kier molecular flexibility index (Phi) is 10.4. The predicted molar refractivity (Wildman–Crippen MR) is 177 cm³/mol. The van der Waals surface area contributed by atoms with Gasteiger partial charge in [0.25, 0.3) is 0 Å². The molecule has 5 aromatic rings. The van der Waals surface area contributed by atoms with Crippen molar-refractivity contribution in [3.8, 4) is 22.9 Å². The molecular formula is C34H30Br2FN3O5. The number of carbonyl (C=O) groups is 1. The summed E-state index contributed by atoms with van der Waals surface area (Å²) in [5.41, 5.74) is 7.14. The fourth-order valence-corrected chi connectivity index (χ4v) is 5.53. The van der Waals surface area contributed by atoms with E-state index in [4.69, 9.17) is 18.6 Å². The molecule has 3 aromatic carbocycles. The van der Waals surface area contributed by atoms with Gasteiger partial charge in [-0.05, 0) is 125 Å². The molecule has 2 heterocycles. The zero-order valence-corrected chi connectivity index (χ0v) is 27.9. The molecule has 232 valence electrons. The number of benzene rings is 3. The molecule has 0 aliphatic heterocycles. The molecule has 1 amide bonds. The van der Waals surface area contributed by atoms with Crippen molar-refractivity contribution in [3.05, 3.63) is 128 Å². The summed E-state index contributed by atoms with van der Waals surface area (Å²) in [6.45, 7) is 6.67. The lowest BCUT2D eigenvalue weighted by Gasteiger charge is -2.16. The van der Waals surface area contributed by atoms with Gasteiger partial charge in [-0.15, -0.1) is 0 Å². The Morgan fingerprint density at radius 3 is 2.40 bits per heavy atom. The van der Waals surface area contributed by atoms with Crippen LogP contribution < -0.4 is 19.6 Å². The van der Waals surface area contributed by atoms with E-state index in [1.54, 1.807) is 30.3 Å². The number of hydrazone groups is 1. The minimum Gasteiger partial charge on any atom is -0.490 e. The van der Waals surface area contributed by atoms with E-state index in [1.807, 2.05) is 31.2 Å². The van der Waals surface area contributed by atoms with Crippen molar-refractivity contribution in [1.29, 1.82) is 0 Å². The number of ether oxygens (including phenoxy) is 3. The molecule has 0 atom stereocenters. The minimum absolute atomic E-state index is 0.0935. The number of hydrogen-bond donors (Lipinski definition) is 1. The molecule has 5 rings (SSSR count). The van der Waals surface area contributed by atoms with Gasteiger partial charge in [0.15, 0.2) is 17.3 Å². The van der Waals surface area contributed by atoms with E-state index in [0.717, 1.165) is 17.1 Å². The van der Waals surface area contributed by atoms with Crippen LogP contribution in [-0.2, 0) is 13.2 Å². The highest BCUT2D eigenvalue weighted by Gasteiger charge is 2.18. The second-order valence-electron chi connectivity index (χ2n) is 9.97. The SMILES string of the molecule is CCOc1cc(/C=N/NC(=O)c2ccc(COc3ccc(-n4c(C)ccc4C)cc3)o2)c(Br)c(Br)c1OCc1cccc(F)c1. The number of furan rings is 1. The number of aromatic nitrogens is 1. The van der Waals surface area contributed by atoms with Crippen LogP contribution in [0.25, 0.3) is 5.69 Å². The number of hydrogen-bond acceptors (Lipinski definition) is 6. The Morgan fingerprint density at radius 1 is 0.933 bits per heavy atom. The molecule has 8 nitrogen and oxygen atoms in total. The number of carbonyl (C=O) groups excluding carboxylic acids is 1. The van der Waals surface area contributed by atoms with Crippen molar-refractivity contribution in [2.75, 3.05) is 6.61 Å². The lowest BCUT2D eigenvalue weighted by Crippen LogP contribution is -2.16. The zero-order chi connectivity index (χ0) is 31.9. The van der Waals surface area contributed by atoms with Gasteiger partial charge in [-0.2, -0.15) is 5.10 Å². The lowest BCUT2D eigenvalue weighted by atomic mass is 10.2. The molecule has 0 spiro atoms. The van der Waals surface area contributed by atoms with Crippen LogP contribution in [0.2, 0.25) is 0 Å². The van der Waals surface area contributed by atoms with Crippen LogP contribution in [0.15, 0.2) is 97.3 Å². The van der Waals surface area contributed by atoms with Gasteiger partial charge in [0.1, 0.15) is 30.5 Å². The summed E-state index contributed by atoms with van der Waals surface area (Å²) >= 11 is 7.09. The number of rotatable bonds is 12. The predicted octanol–water partition coefficient (Wildman–Crippen LogP) is 8.67. The molecule has 0 saturated heterocycles. The summed E-state index contributed by atoms with van der Waals surface area (Å²) in [4.78, 5) is 12.7. The molecule has 0 saturated carbocycles. The fourth-order valence-electron chi connectivity index (χ4n) is 4.59. The van der Waals surface area contributed by atoms with E-state index in [0.29, 0.717) is 49.7 Å². The monoisotopic (exact) mass is 737 g/mol. The van der Waals surface area contributed by atoms with Crippen LogP contribution >= 0.6 is 31.9 Å². The normalized spacial score (nSPS) is 11.2. The summed E-state index contributed by atoms with van der Waals surface area (Å²) < 4.78 is 40.2. The highest BCUT2D eigenvalue weighted by Crippen LogP contribution is 2.43. The number of halogens is 3. The third-order valence-electron chi connectivity index (χ3n) is 6.73. The molecule has 1 N–H and O–H groups in total. The van der Waals surface area contributed by atoms with E-state index in [9.17, 15) is 9.18 Å². The molecule has 0 aliphatic carbocycles. The van der Waals surface area contributed by atoms with Crippen LogP contribution in [-0.4, -0.2) is 23.3 Å². The summed E-state index contributed by atoms with van der Waals surface area (Å²) in [6, 6.07) is 23.1. The number of nitrogens with zero attached hydrogens (tertiary/aromatic N) is 2. The maximum absolute atomic E-state index is 13.6. The first kappa shape index (κ1) is 32.1. The van der Waals surface area contributed by atoms with Gasteiger partial charge in [0.05, 0.1) is 17.3 Å². The molecule has 0 aliphatic rings. The third-order valence-corrected chi connectivity index (χ3v) is 8.87. The fraction of sp³-hybridized carbons (Fsp3) is 0.176. The first-order valence-corrected chi connectivity index (χ1v) is 15.6. The Hall–Kier alpha value is -4.35. The van der Waals surface area contributed by atoms with Gasteiger partial charge in [0.2, 0.25) is 0 Å². The van der Waals surface area contributed by atoms with Crippen molar-refractivity contribution in [1.82, 2.24) is 9.99 Å². The molecule has 0 radical (unpaired) electrons. The van der Waals surface area contributed by atoms with Crippen molar-refractivity contribution in [2.45, 2.75) is 34.0 Å². The first-order valence-electron chi connectivity index (χ1n) is 14.1. The van der Waals surface area contributed by atoms with Crippen molar-refractivity contribution in [2.24, 2.45) is 5.10 Å². The Balaban J connectivity index is 1.19. The number of nitrogens with one attached hydrogen (secondary N) is 1. The van der Waals surface area contributed by atoms with Crippen LogP contribution in [0, 0.1) is 19.7 Å². The number of aryl methyl sites for hydroxylation is 2. The van der Waals surface area contributed by atoms with Gasteiger partial charge in [-0.3, -0.25) is 4.79 Å². The maximum Gasteiger partial charge on any atom is 0.307 e. The molecule has 2 aromatic heterocycles. The molecule has 0 bridgehead atoms. The van der Waals surface area contributed by atoms with Gasteiger partial charge < -0.3 is 23.2 Å². The quantitative estimate of drug-likeness (QED) is 0.102. The van der Waals surface area contributed by atoms with Crippen molar-refractivity contribution < 1.29 is 27.8 Å². The average Bonchev–Trinajstić information content (AvgIpc) is 3.64. The largest absolute Gasteiger partial charge is 0.490 e. The Bertz CT molecular complexity index is 1810. The van der Waals surface area contributed by atoms with Crippen LogP contribution in [0.3, 0.4) is 0 Å². The second kappa shape index (κ2) is 14.6. The summed E-state index contributed by atoms with van der Waals surface area (Å²) in [5, 5.41) is 4.09. The molecule has 45 heavy (non-hydrogen) atoms. The number of amides is 1. The standard InChI is InChI=1S/C34H30Br2FN3O5/c1-4-42-30-17-24(31(35)32(36)33(30)44-19-23-6-5-7-25(37)16-23)18-38-39-34(41)29-15-14-28(45-29)20-43-27-12-10-26(11-13-27)40-21(2)8-9-22(40)3/h5-18H,4,19-20H2,1-3H3,(H,39,41)/b38-18+. The summed E-state index contributed by atoms with van der Waals surface area (Å²) in [6.07, 6.45) is 1.47. The van der Waals surface area contributed by atoms with Crippen LogP contribution in [0.5, 0.6) is 17.2 Å². The highest BCUT2D eigenvalue weighted by molar-refractivity contribution is 9.13. The average molecular weight is 739 g/mol.